The van der Waals surface area contributed by atoms with Crippen molar-refractivity contribution in [1.82, 2.24) is 4.98 Å². The molecule has 0 bridgehead atoms. The minimum atomic E-state index is -0.898. The van der Waals surface area contributed by atoms with Crippen molar-refractivity contribution in [2.75, 3.05) is 0 Å². The lowest BCUT2D eigenvalue weighted by molar-refractivity contribution is 0.591. The molecule has 0 saturated heterocycles. The monoisotopic (exact) mass is 296 g/mol. The summed E-state index contributed by atoms with van der Waals surface area (Å²) in [4.78, 5) is 15.0. The summed E-state index contributed by atoms with van der Waals surface area (Å²) in [7, 11) is 0. The SMILES string of the molecule is Cc1ccc(C#N)cc1-c1cc(=O)c2c(F)cc(F)cc2[nH]1. The molecule has 0 spiro atoms. The van der Waals surface area contributed by atoms with E-state index in [2.05, 4.69) is 4.98 Å². The van der Waals surface area contributed by atoms with E-state index in [9.17, 15) is 13.6 Å². The number of fused-ring (bicyclic) bond motifs is 1. The van der Waals surface area contributed by atoms with Gasteiger partial charge in [0.1, 0.15) is 11.6 Å². The molecule has 0 saturated carbocycles. The molecule has 1 aromatic heterocycles. The molecule has 2 aromatic carbocycles. The first-order valence-electron chi connectivity index (χ1n) is 6.53. The number of aryl methyl sites for hydroxylation is 1. The minimum absolute atomic E-state index is 0.0850. The van der Waals surface area contributed by atoms with Crippen molar-refractivity contribution in [3.8, 4) is 17.3 Å². The molecule has 1 N–H and O–H groups in total. The van der Waals surface area contributed by atoms with E-state index < -0.39 is 17.1 Å². The fourth-order valence-corrected chi connectivity index (χ4v) is 2.43. The van der Waals surface area contributed by atoms with Crippen molar-refractivity contribution in [2.24, 2.45) is 0 Å². The van der Waals surface area contributed by atoms with Crippen LogP contribution >= 0.6 is 0 Å². The maximum Gasteiger partial charge on any atom is 0.192 e. The first kappa shape index (κ1) is 14.0. The first-order chi connectivity index (χ1) is 10.5. The van der Waals surface area contributed by atoms with Gasteiger partial charge >= 0.3 is 0 Å². The van der Waals surface area contributed by atoms with Gasteiger partial charge in [0, 0.05) is 17.7 Å². The van der Waals surface area contributed by atoms with Crippen LogP contribution in [0.4, 0.5) is 8.78 Å². The van der Waals surface area contributed by atoms with Gasteiger partial charge in [-0.05, 0) is 30.7 Å². The molecular weight excluding hydrogens is 286 g/mol. The number of H-pyrrole nitrogens is 1. The lowest BCUT2D eigenvalue weighted by Crippen LogP contribution is -2.06. The van der Waals surface area contributed by atoms with Crippen molar-refractivity contribution in [2.45, 2.75) is 6.92 Å². The molecule has 22 heavy (non-hydrogen) atoms. The first-order valence-corrected chi connectivity index (χ1v) is 6.53. The van der Waals surface area contributed by atoms with Crippen LogP contribution in [0.2, 0.25) is 0 Å². The number of nitriles is 1. The molecule has 0 aliphatic carbocycles. The number of pyridine rings is 1. The highest BCUT2D eigenvalue weighted by Crippen LogP contribution is 2.24. The topological polar surface area (TPSA) is 56.6 Å². The second kappa shape index (κ2) is 5.08. The van der Waals surface area contributed by atoms with E-state index in [0.29, 0.717) is 22.9 Å². The van der Waals surface area contributed by atoms with Gasteiger partial charge in [0.15, 0.2) is 5.43 Å². The maximum absolute atomic E-state index is 13.7. The highest BCUT2D eigenvalue weighted by atomic mass is 19.1. The predicted octanol–water partition coefficient (Wildman–Crippen LogP) is 3.65. The van der Waals surface area contributed by atoms with Crippen molar-refractivity contribution >= 4 is 10.9 Å². The number of halogens is 2. The van der Waals surface area contributed by atoms with Crippen LogP contribution in [0.5, 0.6) is 0 Å². The normalized spacial score (nSPS) is 10.6. The quantitative estimate of drug-likeness (QED) is 0.745. The van der Waals surface area contributed by atoms with Gasteiger partial charge in [-0.25, -0.2) is 8.78 Å². The summed E-state index contributed by atoms with van der Waals surface area (Å²) in [5, 5.41) is 8.80. The molecule has 3 nitrogen and oxygen atoms in total. The number of aromatic nitrogens is 1. The van der Waals surface area contributed by atoms with Crippen molar-refractivity contribution < 1.29 is 8.78 Å². The molecule has 0 aliphatic rings. The van der Waals surface area contributed by atoms with Crippen LogP contribution in [0.15, 0.2) is 41.2 Å². The number of benzene rings is 2. The summed E-state index contributed by atoms with van der Waals surface area (Å²) >= 11 is 0. The predicted molar refractivity (Wildman–Crippen MR) is 79.4 cm³/mol. The van der Waals surface area contributed by atoms with Crippen LogP contribution in [0.1, 0.15) is 11.1 Å². The summed E-state index contributed by atoms with van der Waals surface area (Å²) in [6, 6.07) is 10.1. The Morgan fingerprint density at radius 1 is 1.14 bits per heavy atom. The Hall–Kier alpha value is -3.00. The zero-order chi connectivity index (χ0) is 15.9. The zero-order valence-electron chi connectivity index (χ0n) is 11.6. The van der Waals surface area contributed by atoms with Crippen LogP contribution in [-0.2, 0) is 0 Å². The molecule has 108 valence electrons. The van der Waals surface area contributed by atoms with Crippen LogP contribution < -0.4 is 5.43 Å². The van der Waals surface area contributed by atoms with E-state index in [1.807, 2.05) is 13.0 Å². The molecule has 3 aromatic rings. The maximum atomic E-state index is 13.7. The summed E-state index contributed by atoms with van der Waals surface area (Å²) in [5.74, 6) is -1.66. The summed E-state index contributed by atoms with van der Waals surface area (Å²) in [5.41, 5.74) is 1.88. The molecule has 5 heteroatoms. The van der Waals surface area contributed by atoms with Crippen LogP contribution in [0, 0.1) is 29.9 Å². The van der Waals surface area contributed by atoms with Crippen molar-refractivity contribution in [3.05, 3.63) is 69.4 Å². The third-order valence-electron chi connectivity index (χ3n) is 3.50. The molecule has 0 aliphatic heterocycles. The molecule has 0 atom stereocenters. The molecular formula is C17H10F2N2O. The number of rotatable bonds is 1. The Labute approximate surface area is 124 Å². The van der Waals surface area contributed by atoms with Crippen LogP contribution in [-0.4, -0.2) is 4.98 Å². The van der Waals surface area contributed by atoms with Crippen LogP contribution in [0.25, 0.3) is 22.2 Å². The fourth-order valence-electron chi connectivity index (χ4n) is 2.43. The highest BCUT2D eigenvalue weighted by Gasteiger charge is 2.12. The van der Waals surface area contributed by atoms with E-state index in [-0.39, 0.29) is 10.9 Å². The average Bonchev–Trinajstić information content (AvgIpc) is 2.46. The second-order valence-corrected chi connectivity index (χ2v) is 5.00. The van der Waals surface area contributed by atoms with E-state index in [1.54, 1.807) is 18.2 Å². The second-order valence-electron chi connectivity index (χ2n) is 5.00. The van der Waals surface area contributed by atoms with Crippen molar-refractivity contribution in [1.29, 1.82) is 5.26 Å². The molecule has 0 radical (unpaired) electrons. The van der Waals surface area contributed by atoms with Gasteiger partial charge in [-0.1, -0.05) is 6.07 Å². The van der Waals surface area contributed by atoms with Gasteiger partial charge in [0.05, 0.1) is 28.2 Å². The standard InChI is InChI=1S/C17H10F2N2O/c1-9-2-3-10(8-20)4-12(9)14-7-16(22)17-13(19)5-11(18)6-15(17)21-14/h2-7H,1H3,(H,21,22). The summed E-state index contributed by atoms with van der Waals surface area (Å²) in [6.45, 7) is 1.82. The van der Waals surface area contributed by atoms with Gasteiger partial charge in [0.2, 0.25) is 0 Å². The Morgan fingerprint density at radius 2 is 1.91 bits per heavy atom. The number of hydrogen-bond donors (Lipinski definition) is 1. The Balaban J connectivity index is 2.34. The fraction of sp³-hybridized carbons (Fsp3) is 0.0588. The smallest absolute Gasteiger partial charge is 0.192 e. The molecule has 0 unspecified atom stereocenters. The molecule has 3 rings (SSSR count). The molecule has 0 amide bonds. The number of nitrogens with zero attached hydrogens (tertiary/aromatic N) is 1. The van der Waals surface area contributed by atoms with Gasteiger partial charge in [-0.15, -0.1) is 0 Å². The summed E-state index contributed by atoms with van der Waals surface area (Å²) < 4.78 is 27.1. The highest BCUT2D eigenvalue weighted by molar-refractivity contribution is 5.82. The van der Waals surface area contributed by atoms with Gasteiger partial charge in [-0.3, -0.25) is 4.79 Å². The van der Waals surface area contributed by atoms with Crippen LogP contribution in [0.3, 0.4) is 0 Å². The number of hydrogen-bond acceptors (Lipinski definition) is 2. The van der Waals surface area contributed by atoms with E-state index in [0.717, 1.165) is 11.6 Å². The summed E-state index contributed by atoms with van der Waals surface area (Å²) in [6.07, 6.45) is 0. The Morgan fingerprint density at radius 3 is 2.64 bits per heavy atom. The van der Waals surface area contributed by atoms with Gasteiger partial charge in [0.25, 0.3) is 0 Å². The third kappa shape index (κ3) is 2.25. The lowest BCUT2D eigenvalue weighted by Gasteiger charge is -2.09. The van der Waals surface area contributed by atoms with Crippen molar-refractivity contribution in [3.63, 3.8) is 0 Å². The third-order valence-corrected chi connectivity index (χ3v) is 3.50. The Bertz CT molecular complexity index is 1000. The molecule has 1 heterocycles. The van der Waals surface area contributed by atoms with Gasteiger partial charge in [-0.2, -0.15) is 5.26 Å². The average molecular weight is 296 g/mol. The number of aromatic amines is 1. The molecule has 0 fully saturated rings. The van der Waals surface area contributed by atoms with E-state index in [4.69, 9.17) is 5.26 Å². The van der Waals surface area contributed by atoms with E-state index >= 15 is 0 Å². The largest absolute Gasteiger partial charge is 0.354 e. The minimum Gasteiger partial charge on any atom is -0.354 e. The number of nitrogens with one attached hydrogen (secondary N) is 1. The van der Waals surface area contributed by atoms with Gasteiger partial charge < -0.3 is 4.98 Å². The Kier molecular flexibility index (Phi) is 3.22. The lowest BCUT2D eigenvalue weighted by atomic mass is 10.0. The zero-order valence-corrected chi connectivity index (χ0v) is 11.6. The van der Waals surface area contributed by atoms with E-state index in [1.165, 1.54) is 6.07 Å².